The molecule has 0 saturated carbocycles. The number of benzene rings is 3. The van der Waals surface area contributed by atoms with Gasteiger partial charge in [-0.15, -0.1) is 0 Å². The number of ketones is 1. The van der Waals surface area contributed by atoms with Crippen LogP contribution in [0.15, 0.2) is 72.8 Å². The molecule has 0 radical (unpaired) electrons. The van der Waals surface area contributed by atoms with Gasteiger partial charge in [0, 0.05) is 11.6 Å². The van der Waals surface area contributed by atoms with Crippen molar-refractivity contribution in [3.63, 3.8) is 0 Å². The van der Waals surface area contributed by atoms with Gasteiger partial charge in [-0.3, -0.25) is 14.9 Å². The Morgan fingerprint density at radius 3 is 2.50 bits per heavy atom. The first-order valence-corrected chi connectivity index (χ1v) is 8.30. The predicted molar refractivity (Wildman–Crippen MR) is 101 cm³/mol. The van der Waals surface area contributed by atoms with Crippen molar-refractivity contribution >= 4 is 17.5 Å². The quantitative estimate of drug-likeness (QED) is 0.225. The third-order valence-electron chi connectivity index (χ3n) is 4.63. The van der Waals surface area contributed by atoms with Gasteiger partial charge >= 0.3 is 0 Å². The van der Waals surface area contributed by atoms with E-state index >= 15 is 0 Å². The SMILES string of the molecule is O=C(/C=C/c1ccccc1[N+](=O)[O-])c1ccc2c(c1)-c1ccccc1C2. The number of para-hydroxylation sites is 1. The number of nitro groups is 1. The molecule has 0 N–H and O–H groups in total. The Balaban J connectivity index is 1.64. The van der Waals surface area contributed by atoms with Crippen molar-refractivity contribution in [3.05, 3.63) is 105 Å². The molecule has 26 heavy (non-hydrogen) atoms. The van der Waals surface area contributed by atoms with Crippen LogP contribution in [-0.2, 0) is 6.42 Å². The molecule has 0 aromatic heterocycles. The summed E-state index contributed by atoms with van der Waals surface area (Å²) in [5, 5.41) is 11.1. The predicted octanol–water partition coefficient (Wildman–Crippen LogP) is 5.06. The van der Waals surface area contributed by atoms with Crippen LogP contribution in [0.5, 0.6) is 0 Å². The zero-order chi connectivity index (χ0) is 18.1. The van der Waals surface area contributed by atoms with Gasteiger partial charge < -0.3 is 0 Å². The molecule has 1 aliphatic carbocycles. The summed E-state index contributed by atoms with van der Waals surface area (Å²) in [6.07, 6.45) is 3.78. The van der Waals surface area contributed by atoms with Crippen LogP contribution in [0.25, 0.3) is 17.2 Å². The van der Waals surface area contributed by atoms with Crippen LogP contribution in [0.4, 0.5) is 5.69 Å². The lowest BCUT2D eigenvalue weighted by Gasteiger charge is -2.03. The van der Waals surface area contributed by atoms with E-state index in [1.54, 1.807) is 18.2 Å². The molecule has 0 heterocycles. The van der Waals surface area contributed by atoms with E-state index in [4.69, 9.17) is 0 Å². The number of fused-ring (bicyclic) bond motifs is 3. The van der Waals surface area contributed by atoms with Crippen molar-refractivity contribution in [1.29, 1.82) is 0 Å². The van der Waals surface area contributed by atoms with Gasteiger partial charge in [-0.05, 0) is 53.0 Å². The molecular formula is C22H15NO3. The lowest BCUT2D eigenvalue weighted by Crippen LogP contribution is -1.96. The highest BCUT2D eigenvalue weighted by Gasteiger charge is 2.19. The molecule has 3 aromatic rings. The van der Waals surface area contributed by atoms with Gasteiger partial charge in [-0.1, -0.05) is 48.5 Å². The molecule has 4 heteroatoms. The first-order chi connectivity index (χ1) is 12.6. The van der Waals surface area contributed by atoms with E-state index in [0.29, 0.717) is 11.1 Å². The summed E-state index contributed by atoms with van der Waals surface area (Å²) in [6.45, 7) is 0. The Labute approximate surface area is 150 Å². The van der Waals surface area contributed by atoms with Crippen molar-refractivity contribution in [3.8, 4) is 11.1 Å². The Morgan fingerprint density at radius 1 is 0.923 bits per heavy atom. The van der Waals surface area contributed by atoms with Gasteiger partial charge in [0.2, 0.25) is 0 Å². The van der Waals surface area contributed by atoms with Gasteiger partial charge in [0.1, 0.15) is 0 Å². The lowest BCUT2D eigenvalue weighted by molar-refractivity contribution is -0.385. The molecule has 126 valence electrons. The Hall–Kier alpha value is -3.53. The van der Waals surface area contributed by atoms with E-state index in [1.807, 2.05) is 30.3 Å². The van der Waals surface area contributed by atoms with Crippen molar-refractivity contribution < 1.29 is 9.72 Å². The topological polar surface area (TPSA) is 60.2 Å². The molecule has 0 fully saturated rings. The van der Waals surface area contributed by atoms with Crippen LogP contribution in [0.2, 0.25) is 0 Å². The summed E-state index contributed by atoms with van der Waals surface area (Å²) in [5.74, 6) is -0.171. The Morgan fingerprint density at radius 2 is 1.65 bits per heavy atom. The molecular weight excluding hydrogens is 326 g/mol. The first-order valence-electron chi connectivity index (χ1n) is 8.30. The number of allylic oxidation sites excluding steroid dienone is 1. The average Bonchev–Trinajstić information content (AvgIpc) is 3.04. The number of carbonyl (C=O) groups excluding carboxylic acids is 1. The lowest BCUT2D eigenvalue weighted by atomic mass is 10.0. The molecule has 0 unspecified atom stereocenters. The standard InChI is InChI=1S/C22H15NO3/c24-22(12-11-15-5-2-4-8-21(15)23(25)26)18-10-9-17-13-16-6-1-3-7-19(16)20(17)14-18/h1-12,14H,13H2/b12-11+. The fourth-order valence-corrected chi connectivity index (χ4v) is 3.33. The van der Waals surface area contributed by atoms with Gasteiger partial charge in [-0.25, -0.2) is 0 Å². The van der Waals surface area contributed by atoms with E-state index in [1.165, 1.54) is 34.9 Å². The van der Waals surface area contributed by atoms with Gasteiger partial charge in [0.25, 0.3) is 5.69 Å². The van der Waals surface area contributed by atoms with Crippen LogP contribution in [0.1, 0.15) is 27.0 Å². The zero-order valence-corrected chi connectivity index (χ0v) is 13.9. The van der Waals surface area contributed by atoms with Crippen LogP contribution in [0, 0.1) is 10.1 Å². The summed E-state index contributed by atoms with van der Waals surface area (Å²) in [7, 11) is 0. The van der Waals surface area contributed by atoms with Crippen LogP contribution < -0.4 is 0 Å². The summed E-state index contributed by atoms with van der Waals surface area (Å²) in [5.41, 5.74) is 5.71. The smallest absolute Gasteiger partial charge is 0.276 e. The minimum atomic E-state index is -0.448. The maximum Gasteiger partial charge on any atom is 0.276 e. The molecule has 0 spiro atoms. The van der Waals surface area contributed by atoms with Gasteiger partial charge in [-0.2, -0.15) is 0 Å². The minimum Gasteiger partial charge on any atom is -0.289 e. The molecule has 3 aromatic carbocycles. The first kappa shape index (κ1) is 16.0. The second kappa shape index (κ2) is 6.41. The normalized spacial score (nSPS) is 12.0. The van der Waals surface area contributed by atoms with E-state index < -0.39 is 4.92 Å². The molecule has 0 aliphatic heterocycles. The number of carbonyl (C=O) groups is 1. The zero-order valence-electron chi connectivity index (χ0n) is 13.9. The second-order valence-corrected chi connectivity index (χ2v) is 6.22. The fourth-order valence-electron chi connectivity index (χ4n) is 3.33. The Bertz CT molecular complexity index is 1070. The summed E-state index contributed by atoms with van der Waals surface area (Å²) < 4.78 is 0. The molecule has 1 aliphatic rings. The van der Waals surface area contributed by atoms with Crippen molar-refractivity contribution in [1.82, 2.24) is 0 Å². The fraction of sp³-hybridized carbons (Fsp3) is 0.0455. The van der Waals surface area contributed by atoms with Crippen molar-refractivity contribution in [2.45, 2.75) is 6.42 Å². The van der Waals surface area contributed by atoms with Crippen molar-refractivity contribution in [2.24, 2.45) is 0 Å². The molecule has 0 amide bonds. The van der Waals surface area contributed by atoms with Crippen LogP contribution in [0.3, 0.4) is 0 Å². The molecule has 4 rings (SSSR count). The maximum atomic E-state index is 12.6. The van der Waals surface area contributed by atoms with E-state index in [0.717, 1.165) is 12.0 Å². The highest BCUT2D eigenvalue weighted by Crippen LogP contribution is 2.36. The second-order valence-electron chi connectivity index (χ2n) is 6.22. The van der Waals surface area contributed by atoms with Crippen LogP contribution >= 0.6 is 0 Å². The number of hydrogen-bond donors (Lipinski definition) is 0. The van der Waals surface area contributed by atoms with Crippen molar-refractivity contribution in [2.75, 3.05) is 0 Å². The van der Waals surface area contributed by atoms with E-state index in [9.17, 15) is 14.9 Å². The number of nitro benzene ring substituents is 1. The molecule has 0 atom stereocenters. The van der Waals surface area contributed by atoms with Gasteiger partial charge in [0.05, 0.1) is 10.5 Å². The van der Waals surface area contributed by atoms with E-state index in [-0.39, 0.29) is 11.5 Å². The number of rotatable bonds is 4. The number of nitrogens with zero attached hydrogens (tertiary/aromatic N) is 1. The minimum absolute atomic E-state index is 0.0144. The summed E-state index contributed by atoms with van der Waals surface area (Å²) in [6, 6.07) is 20.3. The molecule has 0 bridgehead atoms. The third-order valence-corrected chi connectivity index (χ3v) is 4.63. The summed E-state index contributed by atoms with van der Waals surface area (Å²) >= 11 is 0. The van der Waals surface area contributed by atoms with E-state index in [2.05, 4.69) is 12.1 Å². The van der Waals surface area contributed by atoms with Gasteiger partial charge in [0.15, 0.2) is 5.78 Å². The third kappa shape index (κ3) is 2.82. The highest BCUT2D eigenvalue weighted by molar-refractivity contribution is 6.08. The largest absolute Gasteiger partial charge is 0.289 e. The van der Waals surface area contributed by atoms with Crippen LogP contribution in [-0.4, -0.2) is 10.7 Å². The Kier molecular flexibility index (Phi) is 3.93. The average molecular weight is 341 g/mol. The number of hydrogen-bond acceptors (Lipinski definition) is 3. The molecule has 0 saturated heterocycles. The highest BCUT2D eigenvalue weighted by atomic mass is 16.6. The maximum absolute atomic E-state index is 12.6. The monoisotopic (exact) mass is 341 g/mol. The summed E-state index contributed by atoms with van der Waals surface area (Å²) in [4.78, 5) is 23.2. The molecule has 4 nitrogen and oxygen atoms in total.